The quantitative estimate of drug-likeness (QED) is 0.376. The van der Waals surface area contributed by atoms with E-state index in [-0.39, 0.29) is 6.10 Å². The predicted molar refractivity (Wildman–Crippen MR) is 55.1 cm³/mol. The lowest BCUT2D eigenvalue weighted by molar-refractivity contribution is -0.151. The Bertz CT molecular complexity index is 162. The van der Waals surface area contributed by atoms with Crippen molar-refractivity contribution in [3.05, 3.63) is 0 Å². The minimum atomic E-state index is -2.03. The van der Waals surface area contributed by atoms with E-state index in [0.717, 1.165) is 19.3 Å². The molecule has 14 heavy (non-hydrogen) atoms. The molecule has 0 aliphatic rings. The van der Waals surface area contributed by atoms with Crippen LogP contribution in [0.1, 0.15) is 46.0 Å². The van der Waals surface area contributed by atoms with Crippen molar-refractivity contribution in [2.24, 2.45) is 0 Å². The van der Waals surface area contributed by atoms with Crippen LogP contribution in [0.2, 0.25) is 0 Å². The summed E-state index contributed by atoms with van der Waals surface area (Å²) in [5.74, 6) is -0.977. The molecule has 0 aliphatic carbocycles. The molecule has 2 nitrogen and oxygen atoms in total. The molecule has 0 saturated carbocycles. The van der Waals surface area contributed by atoms with Crippen LogP contribution in [0.15, 0.2) is 0 Å². The lowest BCUT2D eigenvalue weighted by atomic mass is 10.1. The summed E-state index contributed by atoms with van der Waals surface area (Å²) < 4.78 is 16.9. The normalized spacial score (nSPS) is 14.9. The minimum Gasteiger partial charge on any atom is -0.460 e. The third-order valence-corrected chi connectivity index (χ3v) is 2.14. The van der Waals surface area contributed by atoms with Crippen LogP contribution in [-0.2, 0) is 9.53 Å². The second-order valence-corrected chi connectivity index (χ2v) is 3.78. The van der Waals surface area contributed by atoms with E-state index in [2.05, 4.69) is 6.92 Å². The largest absolute Gasteiger partial charge is 0.460 e. The van der Waals surface area contributed by atoms with Crippen LogP contribution in [0.25, 0.3) is 0 Å². The van der Waals surface area contributed by atoms with Gasteiger partial charge >= 0.3 is 5.97 Å². The van der Waals surface area contributed by atoms with Gasteiger partial charge in [-0.25, -0.2) is 9.18 Å². The number of rotatable bonds is 7. The van der Waals surface area contributed by atoms with E-state index >= 15 is 0 Å². The third-order valence-electron chi connectivity index (χ3n) is 1.96. The van der Waals surface area contributed by atoms with E-state index in [1.807, 2.05) is 0 Å². The molecule has 2 atom stereocenters. The molecule has 0 saturated heterocycles. The Kier molecular flexibility index (Phi) is 7.86. The summed E-state index contributed by atoms with van der Waals surface area (Å²) in [5, 5.41) is 0. The first-order valence-corrected chi connectivity index (χ1v) is 5.50. The Morgan fingerprint density at radius 1 is 1.43 bits per heavy atom. The topological polar surface area (TPSA) is 26.3 Å². The summed E-state index contributed by atoms with van der Waals surface area (Å²) >= 11 is 4.91. The Morgan fingerprint density at radius 2 is 2.07 bits per heavy atom. The second kappa shape index (κ2) is 8.04. The zero-order chi connectivity index (χ0) is 11.0. The average Bonchev–Trinajstić information content (AvgIpc) is 2.12. The average molecular weight is 225 g/mol. The molecule has 0 bridgehead atoms. The molecule has 1 unspecified atom stereocenters. The number of carbonyl (C=O) groups is 1. The first kappa shape index (κ1) is 13.7. The van der Waals surface area contributed by atoms with Crippen molar-refractivity contribution in [2.45, 2.75) is 57.7 Å². The molecule has 0 spiro atoms. The third kappa shape index (κ3) is 7.13. The van der Waals surface area contributed by atoms with Gasteiger partial charge in [0.25, 0.3) is 5.63 Å². The SMILES string of the molecule is CCCCCC[C@@H](C)OC(=O)C(F)Cl. The van der Waals surface area contributed by atoms with E-state index in [0.29, 0.717) is 0 Å². The van der Waals surface area contributed by atoms with Gasteiger partial charge in [0.05, 0.1) is 6.10 Å². The highest BCUT2D eigenvalue weighted by Crippen LogP contribution is 2.10. The van der Waals surface area contributed by atoms with E-state index in [1.54, 1.807) is 6.92 Å². The van der Waals surface area contributed by atoms with Crippen molar-refractivity contribution < 1.29 is 13.9 Å². The zero-order valence-electron chi connectivity index (χ0n) is 8.76. The van der Waals surface area contributed by atoms with Gasteiger partial charge < -0.3 is 4.74 Å². The monoisotopic (exact) mass is 224 g/mol. The molecule has 0 aromatic heterocycles. The summed E-state index contributed by atoms with van der Waals surface area (Å²) in [6, 6.07) is 0. The highest BCUT2D eigenvalue weighted by molar-refractivity contribution is 6.28. The van der Waals surface area contributed by atoms with Crippen molar-refractivity contribution >= 4 is 17.6 Å². The highest BCUT2D eigenvalue weighted by Gasteiger charge is 2.17. The fourth-order valence-electron chi connectivity index (χ4n) is 1.17. The number of hydrogen-bond acceptors (Lipinski definition) is 2. The van der Waals surface area contributed by atoms with Crippen LogP contribution in [-0.4, -0.2) is 17.7 Å². The first-order chi connectivity index (χ1) is 6.57. The van der Waals surface area contributed by atoms with Crippen molar-refractivity contribution in [3.8, 4) is 0 Å². The van der Waals surface area contributed by atoms with Crippen LogP contribution in [0.5, 0.6) is 0 Å². The van der Waals surface area contributed by atoms with Crippen LogP contribution in [0, 0.1) is 0 Å². The number of unbranched alkanes of at least 4 members (excludes halogenated alkanes) is 3. The molecule has 0 radical (unpaired) electrons. The molecular weight excluding hydrogens is 207 g/mol. The van der Waals surface area contributed by atoms with Gasteiger partial charge in [-0.1, -0.05) is 37.8 Å². The van der Waals surface area contributed by atoms with E-state index in [9.17, 15) is 9.18 Å². The van der Waals surface area contributed by atoms with E-state index in [4.69, 9.17) is 16.3 Å². The van der Waals surface area contributed by atoms with Gasteiger partial charge in [-0.3, -0.25) is 0 Å². The van der Waals surface area contributed by atoms with Gasteiger partial charge in [-0.2, -0.15) is 0 Å². The van der Waals surface area contributed by atoms with Gasteiger partial charge in [0.15, 0.2) is 0 Å². The number of ether oxygens (including phenoxy) is 1. The zero-order valence-corrected chi connectivity index (χ0v) is 9.52. The van der Waals surface area contributed by atoms with Crippen molar-refractivity contribution in [3.63, 3.8) is 0 Å². The molecule has 0 rings (SSSR count). The summed E-state index contributed by atoms with van der Waals surface area (Å²) in [4.78, 5) is 10.7. The molecular formula is C10H18ClFO2. The van der Waals surface area contributed by atoms with Gasteiger partial charge in [0.2, 0.25) is 0 Å². The molecule has 0 aliphatic heterocycles. The van der Waals surface area contributed by atoms with E-state index < -0.39 is 11.6 Å². The lowest BCUT2D eigenvalue weighted by Gasteiger charge is -2.12. The molecule has 0 aromatic carbocycles. The number of alkyl halides is 2. The molecule has 0 N–H and O–H groups in total. The Hall–Kier alpha value is -0.310. The molecule has 0 amide bonds. The van der Waals surface area contributed by atoms with Crippen LogP contribution in [0.3, 0.4) is 0 Å². The van der Waals surface area contributed by atoms with Gasteiger partial charge in [0.1, 0.15) is 0 Å². The molecule has 84 valence electrons. The number of hydrogen-bond donors (Lipinski definition) is 0. The smallest absolute Gasteiger partial charge is 0.356 e. The Balaban J connectivity index is 3.45. The number of halogens is 2. The van der Waals surface area contributed by atoms with Crippen molar-refractivity contribution in [2.75, 3.05) is 0 Å². The first-order valence-electron chi connectivity index (χ1n) is 5.06. The molecule has 0 heterocycles. The van der Waals surface area contributed by atoms with Crippen LogP contribution >= 0.6 is 11.6 Å². The minimum absolute atomic E-state index is 0.239. The van der Waals surface area contributed by atoms with E-state index in [1.165, 1.54) is 12.8 Å². The maximum atomic E-state index is 12.2. The summed E-state index contributed by atoms with van der Waals surface area (Å²) in [6.45, 7) is 3.88. The van der Waals surface area contributed by atoms with Crippen molar-refractivity contribution in [1.29, 1.82) is 0 Å². The predicted octanol–water partition coefficient (Wildman–Crippen LogP) is 3.42. The molecule has 0 fully saturated rings. The van der Waals surface area contributed by atoms with Crippen LogP contribution in [0.4, 0.5) is 4.39 Å². The number of esters is 1. The fourth-order valence-corrected chi connectivity index (χ4v) is 1.22. The van der Waals surface area contributed by atoms with Gasteiger partial charge in [0, 0.05) is 0 Å². The Labute approximate surface area is 89.8 Å². The Morgan fingerprint density at radius 3 is 2.57 bits per heavy atom. The summed E-state index contributed by atoms with van der Waals surface area (Å²) in [7, 11) is 0. The molecule has 0 aromatic rings. The molecule has 4 heteroatoms. The lowest BCUT2D eigenvalue weighted by Crippen LogP contribution is -2.20. The van der Waals surface area contributed by atoms with Gasteiger partial charge in [-0.15, -0.1) is 0 Å². The van der Waals surface area contributed by atoms with Crippen LogP contribution < -0.4 is 0 Å². The highest BCUT2D eigenvalue weighted by atomic mass is 35.5. The second-order valence-electron chi connectivity index (χ2n) is 3.40. The van der Waals surface area contributed by atoms with Gasteiger partial charge in [-0.05, 0) is 19.8 Å². The summed E-state index contributed by atoms with van der Waals surface area (Å²) in [5.41, 5.74) is -2.03. The maximum absolute atomic E-state index is 12.2. The fraction of sp³-hybridized carbons (Fsp3) is 0.900. The van der Waals surface area contributed by atoms with Crippen molar-refractivity contribution in [1.82, 2.24) is 0 Å². The summed E-state index contributed by atoms with van der Waals surface area (Å²) in [6.07, 6.45) is 5.01. The standard InChI is InChI=1S/C10H18ClFO2/c1-3-4-5-6-7-8(2)14-10(13)9(11)12/h8-9H,3-7H2,1-2H3/t8-,9?/m1/s1. The maximum Gasteiger partial charge on any atom is 0.356 e. The number of carbonyl (C=O) groups excluding carboxylic acids is 1.